The highest BCUT2D eigenvalue weighted by Gasteiger charge is 2.34. The Morgan fingerprint density at radius 3 is 2.78 bits per heavy atom. The molecule has 2 aromatic rings. The fourth-order valence-corrected chi connectivity index (χ4v) is 3.68. The van der Waals surface area contributed by atoms with Crippen molar-refractivity contribution in [3.05, 3.63) is 42.1 Å². The van der Waals surface area contributed by atoms with Crippen LogP contribution >= 0.6 is 0 Å². The first-order chi connectivity index (χ1) is 15.2. The van der Waals surface area contributed by atoms with E-state index in [9.17, 15) is 14.7 Å². The van der Waals surface area contributed by atoms with Crippen molar-refractivity contribution in [1.29, 1.82) is 0 Å². The number of aliphatic hydroxyl groups excluding tert-OH is 1. The molecule has 0 radical (unpaired) electrons. The van der Waals surface area contributed by atoms with E-state index in [0.29, 0.717) is 24.4 Å². The normalized spacial score (nSPS) is 19.3. The van der Waals surface area contributed by atoms with Gasteiger partial charge in [-0.05, 0) is 30.7 Å². The van der Waals surface area contributed by atoms with Gasteiger partial charge in [0.25, 0.3) is 5.91 Å². The predicted octanol–water partition coefficient (Wildman–Crippen LogP) is 2.46. The van der Waals surface area contributed by atoms with E-state index in [1.165, 1.54) is 6.92 Å². The monoisotopic (exact) mass is 441 g/mol. The molecule has 1 N–H and O–H groups in total. The zero-order valence-corrected chi connectivity index (χ0v) is 19.2. The van der Waals surface area contributed by atoms with E-state index in [2.05, 4.69) is 4.98 Å². The number of carbonyl (C=O) groups excluding carboxylic acids is 2. The number of aromatic nitrogens is 1. The summed E-state index contributed by atoms with van der Waals surface area (Å²) >= 11 is 0. The molecule has 0 fully saturated rings. The SMILES string of the molecule is COc1cccc(-c2cnc3c(c2)C(=O)N([C@H](C)CO)C[C@H](C)[C@@H](CN(C)C(C)=O)O3)c1. The number of hydrogen-bond acceptors (Lipinski definition) is 6. The van der Waals surface area contributed by atoms with Gasteiger partial charge in [0.2, 0.25) is 11.8 Å². The second-order valence-electron chi connectivity index (χ2n) is 8.33. The molecule has 2 amide bonds. The average molecular weight is 442 g/mol. The van der Waals surface area contributed by atoms with Gasteiger partial charge in [0.05, 0.1) is 26.3 Å². The van der Waals surface area contributed by atoms with E-state index in [1.807, 2.05) is 38.1 Å². The quantitative estimate of drug-likeness (QED) is 0.740. The summed E-state index contributed by atoms with van der Waals surface area (Å²) < 4.78 is 11.5. The number of pyridine rings is 1. The zero-order chi connectivity index (χ0) is 23.4. The fraction of sp³-hybridized carbons (Fsp3) is 0.458. The van der Waals surface area contributed by atoms with Crippen molar-refractivity contribution < 1.29 is 24.2 Å². The molecule has 0 spiro atoms. The predicted molar refractivity (Wildman–Crippen MR) is 121 cm³/mol. The number of fused-ring (bicyclic) bond motifs is 1. The number of benzene rings is 1. The van der Waals surface area contributed by atoms with E-state index >= 15 is 0 Å². The number of ether oxygens (including phenoxy) is 2. The zero-order valence-electron chi connectivity index (χ0n) is 19.2. The smallest absolute Gasteiger partial charge is 0.259 e. The molecule has 0 saturated heterocycles. The summed E-state index contributed by atoms with van der Waals surface area (Å²) in [6.07, 6.45) is 1.30. The maximum atomic E-state index is 13.5. The van der Waals surface area contributed by atoms with Crippen molar-refractivity contribution in [2.75, 3.05) is 33.9 Å². The summed E-state index contributed by atoms with van der Waals surface area (Å²) in [6, 6.07) is 8.90. The molecule has 3 rings (SSSR count). The molecular weight excluding hydrogens is 410 g/mol. The van der Waals surface area contributed by atoms with Gasteiger partial charge in [-0.25, -0.2) is 4.98 Å². The third-order valence-corrected chi connectivity index (χ3v) is 5.92. The lowest BCUT2D eigenvalue weighted by molar-refractivity contribution is -0.129. The highest BCUT2D eigenvalue weighted by molar-refractivity contribution is 5.98. The standard InChI is InChI=1S/C24H31N3O5/c1-15-12-27(16(2)14-28)24(30)21-10-19(18-7-6-8-20(9-18)31-5)11-25-23(21)32-22(15)13-26(4)17(3)29/h6-11,15-16,22,28H,12-14H2,1-5H3/t15-,16+,22+/m0/s1. The van der Waals surface area contributed by atoms with Gasteiger partial charge in [0.15, 0.2) is 0 Å². The van der Waals surface area contributed by atoms with Crippen LogP contribution in [-0.4, -0.2) is 77.7 Å². The van der Waals surface area contributed by atoms with Gasteiger partial charge in [-0.3, -0.25) is 9.59 Å². The highest BCUT2D eigenvalue weighted by Crippen LogP contribution is 2.31. The second kappa shape index (κ2) is 9.99. The van der Waals surface area contributed by atoms with Gasteiger partial charge < -0.3 is 24.4 Å². The molecule has 1 aromatic carbocycles. The molecule has 0 unspecified atom stereocenters. The van der Waals surface area contributed by atoms with Crippen molar-refractivity contribution in [2.24, 2.45) is 5.92 Å². The largest absolute Gasteiger partial charge is 0.497 e. The van der Waals surface area contributed by atoms with Crippen LogP contribution < -0.4 is 9.47 Å². The van der Waals surface area contributed by atoms with Gasteiger partial charge >= 0.3 is 0 Å². The third-order valence-electron chi connectivity index (χ3n) is 5.92. The van der Waals surface area contributed by atoms with E-state index in [4.69, 9.17) is 9.47 Å². The lowest BCUT2D eigenvalue weighted by Crippen LogP contribution is -2.50. The number of methoxy groups -OCH3 is 1. The summed E-state index contributed by atoms with van der Waals surface area (Å²) in [5, 5.41) is 9.77. The molecule has 32 heavy (non-hydrogen) atoms. The first-order valence-electron chi connectivity index (χ1n) is 10.7. The Labute approximate surface area is 188 Å². The minimum atomic E-state index is -0.373. The van der Waals surface area contributed by atoms with Gasteiger partial charge in [-0.1, -0.05) is 19.1 Å². The molecule has 1 aliphatic rings. The third kappa shape index (κ3) is 5.02. The molecule has 172 valence electrons. The number of amides is 2. The molecule has 3 atom stereocenters. The summed E-state index contributed by atoms with van der Waals surface area (Å²) in [7, 11) is 3.32. The van der Waals surface area contributed by atoms with Crippen LogP contribution in [0.2, 0.25) is 0 Å². The first-order valence-corrected chi connectivity index (χ1v) is 10.7. The van der Waals surface area contributed by atoms with Crippen molar-refractivity contribution >= 4 is 11.8 Å². The van der Waals surface area contributed by atoms with Crippen LogP contribution in [0.3, 0.4) is 0 Å². The van der Waals surface area contributed by atoms with Crippen molar-refractivity contribution in [3.63, 3.8) is 0 Å². The van der Waals surface area contributed by atoms with Gasteiger partial charge in [0, 0.05) is 38.2 Å². The minimum Gasteiger partial charge on any atom is -0.497 e. The number of carbonyl (C=O) groups is 2. The van der Waals surface area contributed by atoms with Crippen molar-refractivity contribution in [1.82, 2.24) is 14.8 Å². The molecule has 2 heterocycles. The molecule has 8 heteroatoms. The van der Waals surface area contributed by atoms with E-state index in [1.54, 1.807) is 36.2 Å². The lowest BCUT2D eigenvalue weighted by Gasteiger charge is -2.37. The molecule has 1 aromatic heterocycles. The molecular formula is C24H31N3O5. The Balaban J connectivity index is 2.06. The van der Waals surface area contributed by atoms with Crippen LogP contribution in [0.25, 0.3) is 11.1 Å². The number of aliphatic hydroxyl groups is 1. The maximum absolute atomic E-state index is 13.5. The minimum absolute atomic E-state index is 0.0685. The lowest BCUT2D eigenvalue weighted by atomic mass is 9.99. The Morgan fingerprint density at radius 1 is 1.38 bits per heavy atom. The van der Waals surface area contributed by atoms with Gasteiger partial charge in [0.1, 0.15) is 17.4 Å². The van der Waals surface area contributed by atoms with Crippen LogP contribution in [0.4, 0.5) is 0 Å². The molecule has 0 saturated carbocycles. The second-order valence-corrected chi connectivity index (χ2v) is 8.33. The van der Waals surface area contributed by atoms with Crippen LogP contribution in [0.15, 0.2) is 36.5 Å². The summed E-state index contributed by atoms with van der Waals surface area (Å²) in [6.45, 7) is 5.88. The topological polar surface area (TPSA) is 92.2 Å². The number of rotatable bonds is 6. The van der Waals surface area contributed by atoms with Crippen molar-refractivity contribution in [2.45, 2.75) is 32.9 Å². The summed E-state index contributed by atoms with van der Waals surface area (Å²) in [5.41, 5.74) is 1.94. The van der Waals surface area contributed by atoms with Crippen LogP contribution in [0.5, 0.6) is 11.6 Å². The molecule has 1 aliphatic heterocycles. The average Bonchev–Trinajstić information content (AvgIpc) is 2.80. The number of nitrogens with zero attached hydrogens (tertiary/aromatic N) is 3. The van der Waals surface area contributed by atoms with Gasteiger partial charge in [-0.2, -0.15) is 0 Å². The molecule has 8 nitrogen and oxygen atoms in total. The van der Waals surface area contributed by atoms with E-state index in [0.717, 1.165) is 11.1 Å². The Bertz CT molecular complexity index is 980. The van der Waals surface area contributed by atoms with E-state index < -0.39 is 0 Å². The highest BCUT2D eigenvalue weighted by atomic mass is 16.5. The molecule has 0 aliphatic carbocycles. The Morgan fingerprint density at radius 2 is 2.12 bits per heavy atom. The summed E-state index contributed by atoms with van der Waals surface area (Å²) in [5.74, 6) is 0.534. The number of likely N-dealkylation sites (N-methyl/N-ethyl adjacent to an activating group) is 1. The van der Waals surface area contributed by atoms with E-state index in [-0.39, 0.29) is 42.4 Å². The molecule has 0 bridgehead atoms. The van der Waals surface area contributed by atoms with Crippen LogP contribution in [-0.2, 0) is 4.79 Å². The number of hydrogen-bond donors (Lipinski definition) is 1. The van der Waals surface area contributed by atoms with Crippen LogP contribution in [0, 0.1) is 5.92 Å². The fourth-order valence-electron chi connectivity index (χ4n) is 3.68. The maximum Gasteiger partial charge on any atom is 0.259 e. The van der Waals surface area contributed by atoms with Crippen LogP contribution in [0.1, 0.15) is 31.1 Å². The Kier molecular flexibility index (Phi) is 7.35. The van der Waals surface area contributed by atoms with Gasteiger partial charge in [-0.15, -0.1) is 0 Å². The Hall–Kier alpha value is -3.13. The first kappa shape index (κ1) is 23.5. The van der Waals surface area contributed by atoms with Crippen molar-refractivity contribution in [3.8, 4) is 22.8 Å². The summed E-state index contributed by atoms with van der Waals surface area (Å²) in [4.78, 5) is 33.0.